The van der Waals surface area contributed by atoms with Gasteiger partial charge in [0.1, 0.15) is 6.61 Å². The van der Waals surface area contributed by atoms with Crippen molar-refractivity contribution in [2.45, 2.75) is 12.3 Å². The molecule has 238 valence electrons. The van der Waals surface area contributed by atoms with E-state index in [9.17, 15) is 4.79 Å². The highest BCUT2D eigenvalue weighted by Gasteiger charge is 2.28. The molecule has 2 aromatic rings. The van der Waals surface area contributed by atoms with Crippen LogP contribution in [0.15, 0.2) is 61.2 Å². The molecule has 0 atom stereocenters. The van der Waals surface area contributed by atoms with Gasteiger partial charge in [-0.15, -0.1) is 6.58 Å². The average molecular weight is 602 g/mol. The Morgan fingerprint density at radius 2 is 1.05 bits per heavy atom. The van der Waals surface area contributed by atoms with E-state index >= 15 is 0 Å². The molecule has 1 amide bonds. The van der Waals surface area contributed by atoms with Gasteiger partial charge in [-0.3, -0.25) is 0 Å². The first-order chi connectivity index (χ1) is 21.3. The Morgan fingerprint density at radius 3 is 1.51 bits per heavy atom. The van der Waals surface area contributed by atoms with Crippen LogP contribution < -0.4 is 5.32 Å². The summed E-state index contributed by atoms with van der Waals surface area (Å²) in [6.07, 6.45) is 1.99. The van der Waals surface area contributed by atoms with Crippen LogP contribution in [0, 0.1) is 0 Å². The molecule has 0 spiro atoms. The fourth-order valence-electron chi connectivity index (χ4n) is 4.50. The van der Waals surface area contributed by atoms with Gasteiger partial charge in [-0.05, 0) is 28.7 Å². The van der Waals surface area contributed by atoms with Crippen molar-refractivity contribution >= 4 is 6.09 Å². The van der Waals surface area contributed by atoms with Crippen LogP contribution in [0.25, 0.3) is 11.1 Å². The third-order valence-electron chi connectivity index (χ3n) is 6.55. The Kier molecular flexibility index (Phi) is 18.3. The van der Waals surface area contributed by atoms with E-state index in [1.165, 1.54) is 22.3 Å². The summed E-state index contributed by atoms with van der Waals surface area (Å²) in [7, 11) is 0. The average Bonchev–Trinajstić information content (AvgIpc) is 3.35. The molecule has 2 aromatic carbocycles. The number of hydrogen-bond acceptors (Lipinski definition) is 9. The molecule has 0 saturated carbocycles. The Morgan fingerprint density at radius 1 is 0.628 bits per heavy atom. The van der Waals surface area contributed by atoms with Crippen LogP contribution in [0.3, 0.4) is 0 Å². The Balaban J connectivity index is 1.03. The van der Waals surface area contributed by atoms with Gasteiger partial charge in [0.25, 0.3) is 0 Å². The van der Waals surface area contributed by atoms with Gasteiger partial charge >= 0.3 is 6.09 Å². The third kappa shape index (κ3) is 14.0. The van der Waals surface area contributed by atoms with Crippen LogP contribution in [0.1, 0.15) is 23.5 Å². The van der Waals surface area contributed by atoms with Crippen LogP contribution in [0.5, 0.6) is 0 Å². The van der Waals surface area contributed by atoms with Gasteiger partial charge in [0.05, 0.1) is 85.9 Å². The minimum Gasteiger partial charge on any atom is -0.449 e. The molecule has 0 heterocycles. The molecule has 10 heteroatoms. The molecule has 0 radical (unpaired) electrons. The monoisotopic (exact) mass is 601 g/mol. The Labute approximate surface area is 255 Å². The number of nitrogens with one attached hydrogen (secondary N) is 1. The van der Waals surface area contributed by atoms with E-state index < -0.39 is 6.09 Å². The third-order valence-corrected chi connectivity index (χ3v) is 6.55. The maximum absolute atomic E-state index is 12.2. The summed E-state index contributed by atoms with van der Waals surface area (Å²) in [5.74, 6) is 0.0565. The van der Waals surface area contributed by atoms with Gasteiger partial charge < -0.3 is 43.2 Å². The van der Waals surface area contributed by atoms with E-state index in [2.05, 4.69) is 36.2 Å². The highest BCUT2D eigenvalue weighted by molar-refractivity contribution is 5.79. The zero-order chi connectivity index (χ0) is 30.2. The predicted octanol–water partition coefficient (Wildman–Crippen LogP) is 4.22. The second-order valence-corrected chi connectivity index (χ2v) is 9.64. The van der Waals surface area contributed by atoms with E-state index in [1.54, 1.807) is 6.08 Å². The van der Waals surface area contributed by atoms with Crippen molar-refractivity contribution in [2.24, 2.45) is 0 Å². The van der Waals surface area contributed by atoms with Crippen LogP contribution in [-0.2, 0) is 37.9 Å². The molecule has 0 aliphatic heterocycles. The molecular weight excluding hydrogens is 554 g/mol. The van der Waals surface area contributed by atoms with Crippen LogP contribution in [0.2, 0.25) is 0 Å². The molecule has 0 bridgehead atoms. The highest BCUT2D eigenvalue weighted by atomic mass is 16.6. The molecule has 1 aliphatic rings. The molecule has 1 N–H and O–H groups in total. The lowest BCUT2D eigenvalue weighted by Gasteiger charge is -2.14. The van der Waals surface area contributed by atoms with Crippen LogP contribution in [-0.4, -0.2) is 112 Å². The number of alkyl carbamates (subject to hydrolysis) is 1. The number of amides is 1. The van der Waals surface area contributed by atoms with Crippen molar-refractivity contribution in [2.75, 3.05) is 106 Å². The van der Waals surface area contributed by atoms with Gasteiger partial charge in [-0.1, -0.05) is 54.6 Å². The number of carbonyl (C=O) groups is 1. The Bertz CT molecular complexity index is 989. The molecule has 0 aromatic heterocycles. The normalized spacial score (nSPS) is 12.2. The second-order valence-electron chi connectivity index (χ2n) is 9.64. The lowest BCUT2D eigenvalue weighted by molar-refractivity contribution is -0.0198. The minimum absolute atomic E-state index is 0.0565. The summed E-state index contributed by atoms with van der Waals surface area (Å²) in [6, 6.07) is 16.6. The smallest absolute Gasteiger partial charge is 0.407 e. The van der Waals surface area contributed by atoms with Crippen molar-refractivity contribution in [3.8, 4) is 11.1 Å². The maximum Gasteiger partial charge on any atom is 0.407 e. The van der Waals surface area contributed by atoms with Gasteiger partial charge in [-0.2, -0.15) is 0 Å². The van der Waals surface area contributed by atoms with Crippen molar-refractivity contribution in [1.82, 2.24) is 5.32 Å². The SMILES string of the molecule is C=CCOCCOCCOCCOCCOCCOCCOCCCNC(=O)OCC1c2ccccc2-c2ccccc21. The van der Waals surface area contributed by atoms with E-state index in [0.29, 0.717) is 112 Å². The van der Waals surface area contributed by atoms with Crippen LogP contribution >= 0.6 is 0 Å². The molecule has 0 unspecified atom stereocenters. The molecular formula is C33H47NO9. The van der Waals surface area contributed by atoms with E-state index in [-0.39, 0.29) is 5.92 Å². The number of benzene rings is 2. The predicted molar refractivity (Wildman–Crippen MR) is 164 cm³/mol. The fraction of sp³-hybridized carbons (Fsp3) is 0.545. The van der Waals surface area contributed by atoms with Gasteiger partial charge in [0, 0.05) is 19.1 Å². The summed E-state index contributed by atoms with van der Waals surface area (Å²) in [5, 5.41) is 2.80. The number of ether oxygens (including phenoxy) is 8. The summed E-state index contributed by atoms with van der Waals surface area (Å²) < 4.78 is 43.6. The number of carbonyl (C=O) groups excluding carboxylic acids is 1. The summed E-state index contributed by atoms with van der Waals surface area (Å²) in [5.41, 5.74) is 4.82. The largest absolute Gasteiger partial charge is 0.449 e. The molecule has 10 nitrogen and oxygen atoms in total. The second kappa shape index (κ2) is 22.7. The van der Waals surface area contributed by atoms with Gasteiger partial charge in [0.2, 0.25) is 0 Å². The fourth-order valence-corrected chi connectivity index (χ4v) is 4.50. The molecule has 3 rings (SSSR count). The van der Waals surface area contributed by atoms with Crippen molar-refractivity contribution < 1.29 is 42.7 Å². The first-order valence-electron chi connectivity index (χ1n) is 15.0. The standard InChI is InChI=1S/C33H47NO9/c1-2-13-36-15-17-38-19-21-40-23-25-42-26-24-41-22-20-39-18-16-37-14-7-12-34-33(35)43-27-32-30-10-5-3-8-28(30)29-9-4-6-11-31(29)32/h2-6,8-11,32H,1,7,12-27H2,(H,34,35). The van der Waals surface area contributed by atoms with Crippen molar-refractivity contribution in [3.05, 3.63) is 72.3 Å². The topological polar surface area (TPSA) is 103 Å². The van der Waals surface area contributed by atoms with E-state index in [1.807, 2.05) is 24.3 Å². The summed E-state index contributed by atoms with van der Waals surface area (Å²) in [6.45, 7) is 11.6. The lowest BCUT2D eigenvalue weighted by atomic mass is 9.98. The van der Waals surface area contributed by atoms with Gasteiger partial charge in [-0.25, -0.2) is 4.79 Å². The zero-order valence-corrected chi connectivity index (χ0v) is 25.2. The van der Waals surface area contributed by atoms with Gasteiger partial charge in [0.15, 0.2) is 0 Å². The van der Waals surface area contributed by atoms with Crippen LogP contribution in [0.4, 0.5) is 4.79 Å². The molecule has 1 aliphatic carbocycles. The van der Waals surface area contributed by atoms with E-state index in [0.717, 1.165) is 0 Å². The highest BCUT2D eigenvalue weighted by Crippen LogP contribution is 2.44. The number of rotatable bonds is 26. The first kappa shape index (κ1) is 34.7. The van der Waals surface area contributed by atoms with Crippen molar-refractivity contribution in [1.29, 1.82) is 0 Å². The van der Waals surface area contributed by atoms with Crippen molar-refractivity contribution in [3.63, 3.8) is 0 Å². The number of fused-ring (bicyclic) bond motifs is 3. The molecule has 0 saturated heterocycles. The molecule has 0 fully saturated rings. The lowest BCUT2D eigenvalue weighted by Crippen LogP contribution is -2.27. The summed E-state index contributed by atoms with van der Waals surface area (Å²) >= 11 is 0. The van der Waals surface area contributed by atoms with E-state index in [4.69, 9.17) is 37.9 Å². The maximum atomic E-state index is 12.2. The molecule has 43 heavy (non-hydrogen) atoms. The Hall–Kier alpha value is -2.83. The quantitative estimate of drug-likeness (QED) is 0.125. The number of hydrogen-bond donors (Lipinski definition) is 1. The first-order valence-corrected chi connectivity index (χ1v) is 15.0. The minimum atomic E-state index is -0.410. The summed E-state index contributed by atoms with van der Waals surface area (Å²) in [4.78, 5) is 12.2. The zero-order valence-electron chi connectivity index (χ0n) is 25.2.